The number of amides is 1. The van der Waals surface area contributed by atoms with Crippen LogP contribution < -0.4 is 15.4 Å². The van der Waals surface area contributed by atoms with Crippen LogP contribution in [0.4, 0.5) is 11.6 Å². The van der Waals surface area contributed by atoms with E-state index in [9.17, 15) is 4.79 Å². The number of aryl methyl sites for hydroxylation is 1. The summed E-state index contributed by atoms with van der Waals surface area (Å²) < 4.78 is 7.52. The number of tetrazole rings is 1. The van der Waals surface area contributed by atoms with Crippen molar-refractivity contribution in [2.45, 2.75) is 52.5 Å². The molecule has 1 aliphatic heterocycles. The molecule has 1 aromatic heterocycles. The standard InChI is InChI=1S/C25H30N6O2/c1-4-5-6-7-16-33-21-14-10-19(11-15-21)23-22(18(3)26-25-28-29-30-31(23)25)24(32)27-20-12-8-17(2)9-13-20/h8-15,23H,4-7,16H2,1-3H3,(H,27,32)(H,26,28,30). The summed E-state index contributed by atoms with van der Waals surface area (Å²) in [5, 5.41) is 18.1. The van der Waals surface area contributed by atoms with Gasteiger partial charge in [-0.25, -0.2) is 0 Å². The van der Waals surface area contributed by atoms with E-state index in [2.05, 4.69) is 33.1 Å². The van der Waals surface area contributed by atoms with Crippen LogP contribution in [0, 0.1) is 6.92 Å². The fourth-order valence-electron chi connectivity index (χ4n) is 3.92. The summed E-state index contributed by atoms with van der Waals surface area (Å²) in [4.78, 5) is 13.4. The number of carbonyl (C=O) groups excluding carboxylic acids is 1. The Morgan fingerprint density at radius 2 is 1.82 bits per heavy atom. The fourth-order valence-corrected chi connectivity index (χ4v) is 3.92. The Labute approximate surface area is 194 Å². The van der Waals surface area contributed by atoms with Crippen LogP contribution in [0.1, 0.15) is 56.7 Å². The third-order valence-corrected chi connectivity index (χ3v) is 5.73. The zero-order chi connectivity index (χ0) is 23.2. The maximum absolute atomic E-state index is 13.4. The van der Waals surface area contributed by atoms with Gasteiger partial charge in [0.15, 0.2) is 0 Å². The van der Waals surface area contributed by atoms with E-state index in [0.717, 1.165) is 29.0 Å². The van der Waals surface area contributed by atoms with Gasteiger partial charge in [-0.3, -0.25) is 4.79 Å². The second-order valence-electron chi connectivity index (χ2n) is 8.31. The number of benzene rings is 2. The molecule has 8 nitrogen and oxygen atoms in total. The number of hydrogen-bond donors (Lipinski definition) is 2. The Morgan fingerprint density at radius 3 is 2.55 bits per heavy atom. The first-order chi connectivity index (χ1) is 16.1. The molecule has 172 valence electrons. The molecule has 0 spiro atoms. The molecule has 0 saturated carbocycles. The second-order valence-corrected chi connectivity index (χ2v) is 8.31. The van der Waals surface area contributed by atoms with E-state index in [1.807, 2.05) is 62.4 Å². The van der Waals surface area contributed by atoms with E-state index in [1.165, 1.54) is 19.3 Å². The summed E-state index contributed by atoms with van der Waals surface area (Å²) >= 11 is 0. The average molecular weight is 447 g/mol. The molecular formula is C25H30N6O2. The maximum atomic E-state index is 13.4. The van der Waals surface area contributed by atoms with Gasteiger partial charge in [-0.05, 0) is 60.5 Å². The predicted octanol–water partition coefficient (Wildman–Crippen LogP) is 4.87. The van der Waals surface area contributed by atoms with Gasteiger partial charge in [0.1, 0.15) is 11.8 Å². The molecule has 0 bridgehead atoms. The quantitative estimate of drug-likeness (QED) is 0.456. The molecule has 8 heteroatoms. The number of nitrogens with zero attached hydrogens (tertiary/aromatic N) is 4. The summed E-state index contributed by atoms with van der Waals surface area (Å²) in [7, 11) is 0. The van der Waals surface area contributed by atoms with Gasteiger partial charge >= 0.3 is 0 Å². The molecule has 0 fully saturated rings. The molecule has 1 amide bonds. The Hall–Kier alpha value is -3.68. The van der Waals surface area contributed by atoms with Gasteiger partial charge in [0.2, 0.25) is 5.95 Å². The maximum Gasteiger partial charge on any atom is 0.255 e. The van der Waals surface area contributed by atoms with Gasteiger partial charge in [0.05, 0.1) is 12.2 Å². The van der Waals surface area contributed by atoms with E-state index >= 15 is 0 Å². The van der Waals surface area contributed by atoms with Crippen molar-refractivity contribution in [3.05, 3.63) is 70.9 Å². The molecular weight excluding hydrogens is 416 g/mol. The van der Waals surface area contributed by atoms with Crippen LogP contribution in [-0.2, 0) is 4.79 Å². The third-order valence-electron chi connectivity index (χ3n) is 5.73. The summed E-state index contributed by atoms with van der Waals surface area (Å²) in [6.45, 7) is 6.77. The number of hydrogen-bond acceptors (Lipinski definition) is 6. The highest BCUT2D eigenvalue weighted by Crippen LogP contribution is 2.35. The minimum absolute atomic E-state index is 0.203. The van der Waals surface area contributed by atoms with Crippen LogP contribution in [0.2, 0.25) is 0 Å². The molecule has 2 heterocycles. The number of rotatable bonds is 9. The van der Waals surface area contributed by atoms with Crippen molar-refractivity contribution >= 4 is 17.5 Å². The van der Waals surface area contributed by atoms with Crippen LogP contribution >= 0.6 is 0 Å². The third kappa shape index (κ3) is 5.22. The highest BCUT2D eigenvalue weighted by molar-refractivity contribution is 6.06. The molecule has 1 atom stereocenters. The topological polar surface area (TPSA) is 94.0 Å². The van der Waals surface area contributed by atoms with E-state index in [0.29, 0.717) is 23.8 Å². The van der Waals surface area contributed by atoms with E-state index < -0.39 is 6.04 Å². The highest BCUT2D eigenvalue weighted by atomic mass is 16.5. The van der Waals surface area contributed by atoms with Gasteiger partial charge < -0.3 is 15.4 Å². The van der Waals surface area contributed by atoms with Crippen molar-refractivity contribution in [1.82, 2.24) is 20.2 Å². The fraction of sp³-hybridized carbons (Fsp3) is 0.360. The van der Waals surface area contributed by atoms with Crippen molar-refractivity contribution in [1.29, 1.82) is 0 Å². The number of ether oxygens (including phenoxy) is 1. The zero-order valence-corrected chi connectivity index (χ0v) is 19.3. The number of fused-ring (bicyclic) bond motifs is 1. The predicted molar refractivity (Wildman–Crippen MR) is 128 cm³/mol. The van der Waals surface area contributed by atoms with Crippen LogP contribution in [-0.4, -0.2) is 32.7 Å². The summed E-state index contributed by atoms with van der Waals surface area (Å²) in [6.07, 6.45) is 4.65. The van der Waals surface area contributed by atoms with Crippen molar-refractivity contribution < 1.29 is 9.53 Å². The van der Waals surface area contributed by atoms with Crippen LogP contribution in [0.25, 0.3) is 0 Å². The molecule has 33 heavy (non-hydrogen) atoms. The monoisotopic (exact) mass is 446 g/mol. The van der Waals surface area contributed by atoms with Crippen molar-refractivity contribution in [3.63, 3.8) is 0 Å². The SMILES string of the molecule is CCCCCCOc1ccc(C2C(C(=O)Nc3ccc(C)cc3)=C(C)Nc3nnnn32)cc1. The van der Waals surface area contributed by atoms with E-state index in [1.54, 1.807) is 4.68 Å². The first kappa shape index (κ1) is 22.5. The van der Waals surface area contributed by atoms with Gasteiger partial charge in [-0.2, -0.15) is 4.68 Å². The lowest BCUT2D eigenvalue weighted by Crippen LogP contribution is -2.31. The Kier molecular flexibility index (Phi) is 7.02. The number of aromatic nitrogens is 4. The minimum Gasteiger partial charge on any atom is -0.494 e. The Morgan fingerprint density at radius 1 is 1.06 bits per heavy atom. The van der Waals surface area contributed by atoms with Crippen LogP contribution in [0.3, 0.4) is 0 Å². The molecule has 0 radical (unpaired) electrons. The molecule has 0 aliphatic carbocycles. The average Bonchev–Trinajstić information content (AvgIpc) is 3.28. The minimum atomic E-state index is -0.458. The number of carbonyl (C=O) groups is 1. The van der Waals surface area contributed by atoms with Crippen LogP contribution in [0.5, 0.6) is 5.75 Å². The highest BCUT2D eigenvalue weighted by Gasteiger charge is 2.34. The van der Waals surface area contributed by atoms with Gasteiger partial charge in [0.25, 0.3) is 5.91 Å². The second kappa shape index (κ2) is 10.3. The molecule has 3 aromatic rings. The Bertz CT molecular complexity index is 1120. The number of anilines is 2. The normalized spacial score (nSPS) is 15.1. The van der Waals surface area contributed by atoms with Crippen molar-refractivity contribution in [2.75, 3.05) is 17.2 Å². The summed E-state index contributed by atoms with van der Waals surface area (Å²) in [6, 6.07) is 15.1. The largest absolute Gasteiger partial charge is 0.494 e. The van der Waals surface area contributed by atoms with Crippen LogP contribution in [0.15, 0.2) is 59.8 Å². The number of nitrogens with one attached hydrogen (secondary N) is 2. The molecule has 0 saturated heterocycles. The first-order valence-electron chi connectivity index (χ1n) is 11.4. The van der Waals surface area contributed by atoms with Gasteiger partial charge in [-0.15, -0.1) is 0 Å². The molecule has 2 N–H and O–H groups in total. The van der Waals surface area contributed by atoms with E-state index in [-0.39, 0.29) is 5.91 Å². The molecule has 1 unspecified atom stereocenters. The smallest absolute Gasteiger partial charge is 0.255 e. The summed E-state index contributed by atoms with van der Waals surface area (Å²) in [5.41, 5.74) is 4.04. The van der Waals surface area contributed by atoms with E-state index in [4.69, 9.17) is 4.74 Å². The first-order valence-corrected chi connectivity index (χ1v) is 11.4. The van der Waals surface area contributed by atoms with Crippen molar-refractivity contribution in [3.8, 4) is 5.75 Å². The number of allylic oxidation sites excluding steroid dienone is 1. The summed E-state index contributed by atoms with van der Waals surface area (Å²) in [5.74, 6) is 1.11. The molecule has 4 rings (SSSR count). The zero-order valence-electron chi connectivity index (χ0n) is 19.3. The molecule has 2 aromatic carbocycles. The lowest BCUT2D eigenvalue weighted by atomic mass is 9.95. The lowest BCUT2D eigenvalue weighted by molar-refractivity contribution is -0.113. The van der Waals surface area contributed by atoms with Gasteiger partial charge in [-0.1, -0.05) is 61.1 Å². The van der Waals surface area contributed by atoms with Crippen molar-refractivity contribution in [2.24, 2.45) is 0 Å². The van der Waals surface area contributed by atoms with Gasteiger partial charge in [0, 0.05) is 11.4 Å². The Balaban J connectivity index is 1.56. The lowest BCUT2D eigenvalue weighted by Gasteiger charge is -2.28. The molecule has 1 aliphatic rings. The number of unbranched alkanes of at least 4 members (excludes halogenated alkanes) is 3.